The van der Waals surface area contributed by atoms with Gasteiger partial charge in [-0.1, -0.05) is 29.3 Å². The average molecular weight is 246 g/mol. The first-order valence-corrected chi connectivity index (χ1v) is 6.74. The first-order valence-electron chi connectivity index (χ1n) is 5.79. The highest BCUT2D eigenvalue weighted by Crippen LogP contribution is 2.27. The maximum Gasteiger partial charge on any atom is 0.0909 e. The van der Waals surface area contributed by atoms with Gasteiger partial charge in [0.1, 0.15) is 0 Å². The molecule has 0 amide bonds. The van der Waals surface area contributed by atoms with Crippen molar-refractivity contribution in [3.05, 3.63) is 57.3 Å². The lowest BCUT2D eigenvalue weighted by molar-refractivity contribution is 0.0576. The Kier molecular flexibility index (Phi) is 3.36. The Morgan fingerprint density at radius 2 is 1.82 bits per heavy atom. The molecule has 0 bridgehead atoms. The molecule has 90 valence electrons. The van der Waals surface area contributed by atoms with Gasteiger partial charge in [0, 0.05) is 6.42 Å². The van der Waals surface area contributed by atoms with Crippen molar-refractivity contribution >= 4 is 11.3 Å². The third kappa shape index (κ3) is 2.96. The normalized spacial score (nSPS) is 14.6. The van der Waals surface area contributed by atoms with Crippen molar-refractivity contribution in [3.8, 4) is 0 Å². The number of aliphatic hydroxyl groups is 1. The molecule has 1 aromatic carbocycles. The average Bonchev–Trinajstić information content (AvgIpc) is 2.68. The first kappa shape index (κ1) is 12.3. The van der Waals surface area contributed by atoms with Crippen molar-refractivity contribution in [2.75, 3.05) is 0 Å². The highest BCUT2D eigenvalue weighted by molar-refractivity contribution is 7.07. The topological polar surface area (TPSA) is 20.2 Å². The zero-order valence-electron chi connectivity index (χ0n) is 10.5. The van der Waals surface area contributed by atoms with Gasteiger partial charge in [0.05, 0.1) is 5.60 Å². The number of hydrogen-bond donors (Lipinski definition) is 1. The number of thiophene rings is 1. The van der Waals surface area contributed by atoms with Gasteiger partial charge in [-0.2, -0.15) is 11.3 Å². The van der Waals surface area contributed by atoms with E-state index in [1.807, 2.05) is 12.3 Å². The van der Waals surface area contributed by atoms with Crippen LogP contribution in [-0.2, 0) is 12.0 Å². The summed E-state index contributed by atoms with van der Waals surface area (Å²) >= 11 is 1.67. The van der Waals surface area contributed by atoms with Crippen molar-refractivity contribution in [3.63, 3.8) is 0 Å². The van der Waals surface area contributed by atoms with Crippen LogP contribution >= 0.6 is 11.3 Å². The van der Waals surface area contributed by atoms with Gasteiger partial charge >= 0.3 is 0 Å². The molecule has 0 aliphatic carbocycles. The molecule has 0 aliphatic heterocycles. The number of rotatable bonds is 3. The lowest BCUT2D eigenvalue weighted by Crippen LogP contribution is -2.24. The molecule has 2 aromatic rings. The van der Waals surface area contributed by atoms with Crippen LogP contribution in [-0.4, -0.2) is 5.11 Å². The van der Waals surface area contributed by atoms with Crippen LogP contribution in [0.3, 0.4) is 0 Å². The summed E-state index contributed by atoms with van der Waals surface area (Å²) in [5.74, 6) is 0. The van der Waals surface area contributed by atoms with Gasteiger partial charge in [-0.3, -0.25) is 0 Å². The molecule has 0 spiro atoms. The maximum atomic E-state index is 10.6. The second-order valence-corrected chi connectivity index (χ2v) is 5.74. The summed E-state index contributed by atoms with van der Waals surface area (Å²) in [7, 11) is 0. The van der Waals surface area contributed by atoms with E-state index in [4.69, 9.17) is 0 Å². The monoisotopic (exact) mass is 246 g/mol. The number of benzene rings is 1. The minimum atomic E-state index is -0.794. The van der Waals surface area contributed by atoms with Gasteiger partial charge in [-0.25, -0.2) is 0 Å². The van der Waals surface area contributed by atoms with E-state index < -0.39 is 5.60 Å². The van der Waals surface area contributed by atoms with Crippen LogP contribution in [0.1, 0.15) is 29.2 Å². The van der Waals surface area contributed by atoms with Crippen molar-refractivity contribution in [1.82, 2.24) is 0 Å². The quantitative estimate of drug-likeness (QED) is 0.873. The van der Waals surface area contributed by atoms with Gasteiger partial charge < -0.3 is 5.11 Å². The summed E-state index contributed by atoms with van der Waals surface area (Å²) in [6.45, 7) is 6.02. The third-order valence-corrected chi connectivity index (χ3v) is 3.70. The molecule has 1 heterocycles. The Balaban J connectivity index is 2.30. The summed E-state index contributed by atoms with van der Waals surface area (Å²) in [4.78, 5) is 0. The van der Waals surface area contributed by atoms with Crippen LogP contribution in [0.15, 0.2) is 35.0 Å². The minimum Gasteiger partial charge on any atom is -0.385 e. The molecule has 0 radical (unpaired) electrons. The molecule has 1 atom stereocenters. The molecule has 1 nitrogen and oxygen atoms in total. The predicted octanol–water partition coefficient (Wildman–Crippen LogP) is 3.82. The fourth-order valence-electron chi connectivity index (χ4n) is 2.18. The third-order valence-electron chi connectivity index (χ3n) is 2.97. The maximum absolute atomic E-state index is 10.6. The molecule has 2 rings (SSSR count). The van der Waals surface area contributed by atoms with Crippen LogP contribution in [0, 0.1) is 13.8 Å². The molecule has 1 N–H and O–H groups in total. The van der Waals surface area contributed by atoms with E-state index in [0.29, 0.717) is 6.42 Å². The molecular formula is C15H18OS. The van der Waals surface area contributed by atoms with Crippen molar-refractivity contribution in [1.29, 1.82) is 0 Å². The number of hydrogen-bond acceptors (Lipinski definition) is 2. The van der Waals surface area contributed by atoms with E-state index in [0.717, 1.165) is 5.56 Å². The largest absolute Gasteiger partial charge is 0.385 e. The highest BCUT2D eigenvalue weighted by atomic mass is 32.1. The molecule has 0 aliphatic rings. The molecule has 0 saturated carbocycles. The lowest BCUT2D eigenvalue weighted by Gasteiger charge is -2.24. The fourth-order valence-corrected chi connectivity index (χ4v) is 2.85. The van der Waals surface area contributed by atoms with Crippen LogP contribution in [0.25, 0.3) is 0 Å². The number of aryl methyl sites for hydroxylation is 2. The van der Waals surface area contributed by atoms with E-state index in [1.165, 1.54) is 16.7 Å². The summed E-state index contributed by atoms with van der Waals surface area (Å²) < 4.78 is 0. The van der Waals surface area contributed by atoms with Crippen molar-refractivity contribution in [2.45, 2.75) is 32.8 Å². The van der Waals surface area contributed by atoms with Gasteiger partial charge in [0.25, 0.3) is 0 Å². The highest BCUT2D eigenvalue weighted by Gasteiger charge is 2.24. The molecule has 2 heteroatoms. The fraction of sp³-hybridized carbons (Fsp3) is 0.333. The lowest BCUT2D eigenvalue weighted by atomic mass is 9.88. The van der Waals surface area contributed by atoms with E-state index in [1.54, 1.807) is 11.3 Å². The van der Waals surface area contributed by atoms with Crippen molar-refractivity contribution in [2.24, 2.45) is 0 Å². The molecule has 1 unspecified atom stereocenters. The van der Waals surface area contributed by atoms with Gasteiger partial charge in [0.15, 0.2) is 0 Å². The van der Waals surface area contributed by atoms with Crippen LogP contribution in [0.5, 0.6) is 0 Å². The summed E-state index contributed by atoms with van der Waals surface area (Å²) in [5, 5.41) is 14.8. The SMILES string of the molecule is Cc1cc(C)cc(C(C)(O)Cc2ccsc2)c1. The Morgan fingerprint density at radius 1 is 1.18 bits per heavy atom. The van der Waals surface area contributed by atoms with Crippen LogP contribution in [0.4, 0.5) is 0 Å². The van der Waals surface area contributed by atoms with E-state index >= 15 is 0 Å². The molecule has 0 saturated heterocycles. The Morgan fingerprint density at radius 3 is 2.35 bits per heavy atom. The van der Waals surface area contributed by atoms with Gasteiger partial charge in [0.2, 0.25) is 0 Å². The van der Waals surface area contributed by atoms with Crippen LogP contribution < -0.4 is 0 Å². The zero-order valence-corrected chi connectivity index (χ0v) is 11.3. The van der Waals surface area contributed by atoms with E-state index in [9.17, 15) is 5.11 Å². The molecule has 1 aromatic heterocycles. The van der Waals surface area contributed by atoms with Crippen LogP contribution in [0.2, 0.25) is 0 Å². The van der Waals surface area contributed by atoms with E-state index in [2.05, 4.69) is 43.5 Å². The predicted molar refractivity (Wildman–Crippen MR) is 73.5 cm³/mol. The summed E-state index contributed by atoms with van der Waals surface area (Å²) in [6.07, 6.45) is 0.666. The molecular weight excluding hydrogens is 228 g/mol. The second-order valence-electron chi connectivity index (χ2n) is 4.96. The van der Waals surface area contributed by atoms with Gasteiger partial charge in [-0.15, -0.1) is 0 Å². The second kappa shape index (κ2) is 4.63. The zero-order chi connectivity index (χ0) is 12.5. The molecule has 17 heavy (non-hydrogen) atoms. The Bertz CT molecular complexity index is 477. The smallest absolute Gasteiger partial charge is 0.0909 e. The van der Waals surface area contributed by atoms with Gasteiger partial charge in [-0.05, 0) is 48.7 Å². The molecule has 0 fully saturated rings. The first-order chi connectivity index (χ1) is 7.97. The summed E-state index contributed by atoms with van der Waals surface area (Å²) in [5.41, 5.74) is 3.80. The standard InChI is InChI=1S/C15H18OS/c1-11-6-12(2)8-14(7-11)15(3,16)9-13-4-5-17-10-13/h4-8,10,16H,9H2,1-3H3. The summed E-state index contributed by atoms with van der Waals surface area (Å²) in [6, 6.07) is 8.34. The van der Waals surface area contributed by atoms with Crippen molar-refractivity contribution < 1.29 is 5.11 Å². The Hall–Kier alpha value is -1.12. The van der Waals surface area contributed by atoms with E-state index in [-0.39, 0.29) is 0 Å². The Labute approximate surface area is 107 Å². The minimum absolute atomic E-state index is 0.666.